The molecule has 39 heavy (non-hydrogen) atoms. The number of halogens is 2. The van der Waals surface area contributed by atoms with Crippen LogP contribution in [-0.4, -0.2) is 44.3 Å². The van der Waals surface area contributed by atoms with Gasteiger partial charge in [-0.05, 0) is 63.1 Å². The molecule has 0 aliphatic heterocycles. The molecule has 0 aliphatic carbocycles. The molecule has 0 spiro atoms. The van der Waals surface area contributed by atoms with Crippen molar-refractivity contribution in [3.05, 3.63) is 94.3 Å². The highest BCUT2D eigenvalue weighted by atomic mass is 35.5. The topological polar surface area (TPSA) is 86.8 Å². The van der Waals surface area contributed by atoms with Crippen LogP contribution in [0.25, 0.3) is 0 Å². The van der Waals surface area contributed by atoms with Crippen molar-refractivity contribution in [2.75, 3.05) is 17.4 Å². The summed E-state index contributed by atoms with van der Waals surface area (Å²) in [5, 5.41) is 3.05. The molecule has 0 heterocycles. The zero-order valence-electron chi connectivity index (χ0n) is 22.4. The number of carbonyl (C=O) groups is 2. The lowest BCUT2D eigenvalue weighted by Gasteiger charge is -2.32. The fourth-order valence-corrected chi connectivity index (χ4v) is 5.63. The molecular formula is C29H33ClFN3O4S. The Hall–Kier alpha value is -3.43. The smallest absolute Gasteiger partial charge is 0.264 e. The molecule has 7 nitrogen and oxygen atoms in total. The van der Waals surface area contributed by atoms with Crippen LogP contribution in [0.15, 0.2) is 71.6 Å². The molecule has 1 N–H and O–H groups in total. The van der Waals surface area contributed by atoms with Crippen LogP contribution in [0, 0.1) is 19.7 Å². The van der Waals surface area contributed by atoms with Gasteiger partial charge in [-0.2, -0.15) is 0 Å². The average Bonchev–Trinajstić information content (AvgIpc) is 2.91. The Labute approximate surface area is 234 Å². The number of nitrogens with zero attached hydrogens (tertiary/aromatic N) is 2. The molecule has 1 unspecified atom stereocenters. The minimum absolute atomic E-state index is 0.00494. The largest absolute Gasteiger partial charge is 0.354 e. The normalized spacial score (nSPS) is 12.1. The summed E-state index contributed by atoms with van der Waals surface area (Å²) in [6, 6.07) is 16.0. The Kier molecular flexibility index (Phi) is 10.1. The lowest BCUT2D eigenvalue weighted by atomic mass is 10.1. The second kappa shape index (κ2) is 13.1. The third-order valence-corrected chi connectivity index (χ3v) is 8.35. The van der Waals surface area contributed by atoms with Gasteiger partial charge in [0.05, 0.1) is 10.6 Å². The van der Waals surface area contributed by atoms with Crippen molar-refractivity contribution < 1.29 is 22.4 Å². The van der Waals surface area contributed by atoms with Crippen LogP contribution in [-0.2, 0) is 26.2 Å². The molecule has 3 aromatic carbocycles. The van der Waals surface area contributed by atoms with Crippen molar-refractivity contribution in [2.24, 2.45) is 0 Å². The highest BCUT2D eigenvalue weighted by Gasteiger charge is 2.33. The van der Waals surface area contributed by atoms with E-state index in [9.17, 15) is 22.4 Å². The second-order valence-electron chi connectivity index (χ2n) is 9.34. The van der Waals surface area contributed by atoms with E-state index in [-0.39, 0.29) is 22.7 Å². The maximum Gasteiger partial charge on any atom is 0.264 e. The lowest BCUT2D eigenvalue weighted by Crippen LogP contribution is -2.51. The fraction of sp³-hybridized carbons (Fsp3) is 0.310. The molecule has 0 aliphatic rings. The van der Waals surface area contributed by atoms with Gasteiger partial charge in [0.15, 0.2) is 0 Å². The molecule has 0 radical (unpaired) electrons. The van der Waals surface area contributed by atoms with E-state index in [2.05, 4.69) is 5.32 Å². The van der Waals surface area contributed by atoms with Crippen molar-refractivity contribution in [3.8, 4) is 0 Å². The van der Waals surface area contributed by atoms with Crippen LogP contribution < -0.4 is 9.62 Å². The number of benzene rings is 3. The van der Waals surface area contributed by atoms with Gasteiger partial charge in [-0.25, -0.2) is 12.8 Å². The maximum absolute atomic E-state index is 14.6. The zero-order chi connectivity index (χ0) is 28.7. The Morgan fingerprint density at radius 1 is 1.03 bits per heavy atom. The molecule has 0 aromatic heterocycles. The summed E-state index contributed by atoms with van der Waals surface area (Å²) in [4.78, 5) is 27.9. The van der Waals surface area contributed by atoms with E-state index in [4.69, 9.17) is 11.6 Å². The summed E-state index contributed by atoms with van der Waals surface area (Å²) in [5.74, 6) is -1.63. The number of sulfonamides is 1. The first-order valence-electron chi connectivity index (χ1n) is 12.6. The Balaban J connectivity index is 2.07. The van der Waals surface area contributed by atoms with Gasteiger partial charge < -0.3 is 10.2 Å². The average molecular weight is 574 g/mol. The maximum atomic E-state index is 14.6. The molecule has 1 atom stereocenters. The van der Waals surface area contributed by atoms with Gasteiger partial charge in [-0.15, -0.1) is 0 Å². The summed E-state index contributed by atoms with van der Waals surface area (Å²) in [5.41, 5.74) is 1.88. The van der Waals surface area contributed by atoms with E-state index >= 15 is 0 Å². The van der Waals surface area contributed by atoms with E-state index in [1.54, 1.807) is 37.3 Å². The monoisotopic (exact) mass is 573 g/mol. The molecule has 0 saturated carbocycles. The van der Waals surface area contributed by atoms with Crippen LogP contribution in [0.4, 0.5) is 10.1 Å². The first-order chi connectivity index (χ1) is 18.4. The summed E-state index contributed by atoms with van der Waals surface area (Å²) >= 11 is 6.23. The Morgan fingerprint density at radius 2 is 1.69 bits per heavy atom. The number of hydrogen-bond donors (Lipinski definition) is 1. The SMILES string of the molecule is CCCNC(=O)C(C)N(Cc1ccccc1F)C(=O)CN(c1cc(Cl)ccc1C)S(=O)(=O)c1ccc(C)cc1. The lowest BCUT2D eigenvalue weighted by molar-refractivity contribution is -0.139. The highest BCUT2D eigenvalue weighted by Crippen LogP contribution is 2.30. The molecule has 0 fully saturated rings. The summed E-state index contributed by atoms with van der Waals surface area (Å²) in [6.07, 6.45) is 0.691. The van der Waals surface area contributed by atoms with Crippen molar-refractivity contribution in [3.63, 3.8) is 0 Å². The van der Waals surface area contributed by atoms with Gasteiger partial charge in [0.25, 0.3) is 10.0 Å². The summed E-state index contributed by atoms with van der Waals surface area (Å²) in [6.45, 7) is 6.54. The highest BCUT2D eigenvalue weighted by molar-refractivity contribution is 7.92. The third kappa shape index (κ3) is 7.36. The first kappa shape index (κ1) is 30.1. The van der Waals surface area contributed by atoms with Gasteiger partial charge in [0, 0.05) is 23.7 Å². The minimum Gasteiger partial charge on any atom is -0.354 e. The van der Waals surface area contributed by atoms with E-state index in [1.165, 1.54) is 48.2 Å². The Bertz CT molecular complexity index is 1430. The quantitative estimate of drug-likeness (QED) is 0.340. The van der Waals surface area contributed by atoms with E-state index in [0.717, 1.165) is 9.87 Å². The zero-order valence-corrected chi connectivity index (χ0v) is 24.0. The van der Waals surface area contributed by atoms with Crippen LogP contribution in [0.2, 0.25) is 5.02 Å². The predicted octanol–water partition coefficient (Wildman–Crippen LogP) is 5.23. The molecular weight excluding hydrogens is 541 g/mol. The minimum atomic E-state index is -4.23. The molecule has 2 amide bonds. The van der Waals surface area contributed by atoms with Crippen LogP contribution in [0.1, 0.15) is 37.0 Å². The van der Waals surface area contributed by atoms with E-state index < -0.39 is 40.2 Å². The van der Waals surface area contributed by atoms with Gasteiger partial charge in [-0.1, -0.05) is 60.5 Å². The molecule has 0 saturated heterocycles. The summed E-state index contributed by atoms with van der Waals surface area (Å²) in [7, 11) is -4.23. The number of rotatable bonds is 11. The standard InChI is InChI=1S/C29H33ClFN3O4S/c1-5-16-32-29(36)22(4)33(18-23-8-6-7-9-26(23)31)28(35)19-34(27-17-24(30)13-12-21(27)3)39(37,38)25-14-10-20(2)11-15-25/h6-15,17,22H,5,16,18-19H2,1-4H3,(H,32,36). The van der Waals surface area contributed by atoms with Crippen molar-refractivity contribution in [1.29, 1.82) is 0 Å². The number of hydrogen-bond acceptors (Lipinski definition) is 4. The number of anilines is 1. The van der Waals surface area contributed by atoms with Gasteiger partial charge in [0.1, 0.15) is 18.4 Å². The van der Waals surface area contributed by atoms with Gasteiger partial charge in [-0.3, -0.25) is 13.9 Å². The van der Waals surface area contributed by atoms with Crippen molar-refractivity contribution >= 4 is 39.1 Å². The molecule has 3 rings (SSSR count). The van der Waals surface area contributed by atoms with Crippen molar-refractivity contribution in [2.45, 2.75) is 51.6 Å². The molecule has 3 aromatic rings. The first-order valence-corrected chi connectivity index (χ1v) is 14.4. The van der Waals surface area contributed by atoms with Crippen molar-refractivity contribution in [1.82, 2.24) is 10.2 Å². The fourth-order valence-electron chi connectivity index (χ4n) is 3.99. The number of carbonyl (C=O) groups excluding carboxylic acids is 2. The Morgan fingerprint density at radius 3 is 2.33 bits per heavy atom. The van der Waals surface area contributed by atoms with Crippen LogP contribution in [0.5, 0.6) is 0 Å². The molecule has 10 heteroatoms. The predicted molar refractivity (Wildman–Crippen MR) is 152 cm³/mol. The molecule has 0 bridgehead atoms. The third-order valence-electron chi connectivity index (χ3n) is 6.34. The second-order valence-corrected chi connectivity index (χ2v) is 11.6. The molecule has 208 valence electrons. The van der Waals surface area contributed by atoms with Crippen LogP contribution >= 0.6 is 11.6 Å². The van der Waals surface area contributed by atoms with Crippen LogP contribution in [0.3, 0.4) is 0 Å². The van der Waals surface area contributed by atoms with Gasteiger partial charge in [0.2, 0.25) is 11.8 Å². The van der Waals surface area contributed by atoms with Gasteiger partial charge >= 0.3 is 0 Å². The number of nitrogens with one attached hydrogen (secondary N) is 1. The van der Waals surface area contributed by atoms with E-state index in [1.807, 2.05) is 13.8 Å². The summed E-state index contributed by atoms with van der Waals surface area (Å²) < 4.78 is 43.4. The number of amides is 2. The number of aryl methyl sites for hydroxylation is 2. The van der Waals surface area contributed by atoms with E-state index in [0.29, 0.717) is 23.6 Å².